The topological polar surface area (TPSA) is 56.7 Å². The van der Waals surface area contributed by atoms with Gasteiger partial charge in [-0.3, -0.25) is 4.79 Å². The van der Waals surface area contributed by atoms with Gasteiger partial charge in [-0.1, -0.05) is 35.9 Å². The van der Waals surface area contributed by atoms with E-state index in [2.05, 4.69) is 15.0 Å². The molecular weight excluding hydrogens is 363 g/mol. The minimum atomic E-state index is -0.469. The molecule has 0 aromatic heterocycles. The van der Waals surface area contributed by atoms with Crippen molar-refractivity contribution < 1.29 is 9.18 Å². The zero-order valence-corrected chi connectivity index (χ0v) is 15.2. The fourth-order valence-corrected chi connectivity index (χ4v) is 3.22. The summed E-state index contributed by atoms with van der Waals surface area (Å²) in [6.07, 6.45) is 0. The normalized spacial score (nSPS) is 12.7. The lowest BCUT2D eigenvalue weighted by molar-refractivity contribution is -0.127. The number of para-hydroxylation sites is 1. The van der Waals surface area contributed by atoms with E-state index in [1.54, 1.807) is 26.2 Å². The molecule has 8 heteroatoms. The predicted molar refractivity (Wildman–Crippen MR) is 100 cm³/mol. The molecule has 130 valence electrons. The quantitative estimate of drug-likeness (QED) is 0.801. The standard InChI is InChI=1S/C17H16ClFN4OS/c1-23(2)14(24)9-20-17-21-16-11(6-4-8-13(16)25-22-17)10-5-3-7-12(19)15(10)18/h3-8H,9H2,1-2H3,(H2,20,21,22). The number of rotatable bonds is 3. The molecule has 0 aliphatic carbocycles. The molecule has 2 aromatic rings. The molecule has 1 aliphatic heterocycles. The molecule has 5 nitrogen and oxygen atoms in total. The van der Waals surface area contributed by atoms with Gasteiger partial charge in [0.1, 0.15) is 5.82 Å². The Kier molecular flexibility index (Phi) is 5.15. The van der Waals surface area contributed by atoms with Crippen molar-refractivity contribution in [2.24, 2.45) is 4.40 Å². The van der Waals surface area contributed by atoms with Gasteiger partial charge in [-0.25, -0.2) is 4.39 Å². The molecule has 25 heavy (non-hydrogen) atoms. The highest BCUT2D eigenvalue weighted by molar-refractivity contribution is 7.98. The average Bonchev–Trinajstić information content (AvgIpc) is 2.61. The van der Waals surface area contributed by atoms with Crippen LogP contribution in [0, 0.1) is 5.82 Å². The molecule has 3 rings (SSSR count). The molecule has 0 unspecified atom stereocenters. The third-order valence-corrected chi connectivity index (χ3v) is 4.85. The van der Waals surface area contributed by atoms with Gasteiger partial charge in [0, 0.05) is 37.2 Å². The van der Waals surface area contributed by atoms with Gasteiger partial charge in [-0.05, 0) is 12.1 Å². The predicted octanol–water partition coefficient (Wildman–Crippen LogP) is 3.61. The van der Waals surface area contributed by atoms with Crippen LogP contribution in [0.3, 0.4) is 0 Å². The third-order valence-electron chi connectivity index (χ3n) is 3.65. The number of benzene rings is 2. The van der Waals surface area contributed by atoms with E-state index in [-0.39, 0.29) is 17.5 Å². The van der Waals surface area contributed by atoms with Crippen molar-refractivity contribution in [3.05, 3.63) is 47.2 Å². The molecule has 2 aromatic carbocycles. The summed E-state index contributed by atoms with van der Waals surface area (Å²) in [6.45, 7) is 0.123. The second-order valence-electron chi connectivity index (χ2n) is 5.58. The lowest BCUT2D eigenvalue weighted by Gasteiger charge is -2.22. The third kappa shape index (κ3) is 3.72. The van der Waals surface area contributed by atoms with Crippen molar-refractivity contribution in [1.82, 2.24) is 10.2 Å². The Morgan fingerprint density at radius 3 is 2.76 bits per heavy atom. The molecule has 1 heterocycles. The van der Waals surface area contributed by atoms with E-state index >= 15 is 0 Å². The smallest absolute Gasteiger partial charge is 0.241 e. The molecule has 1 aliphatic rings. The molecule has 0 fully saturated rings. The van der Waals surface area contributed by atoms with E-state index < -0.39 is 5.82 Å². The second-order valence-corrected chi connectivity index (χ2v) is 6.76. The van der Waals surface area contributed by atoms with Gasteiger partial charge in [0.15, 0.2) is 0 Å². The fraction of sp³-hybridized carbons (Fsp3) is 0.176. The number of halogens is 2. The number of amides is 1. The average molecular weight is 379 g/mol. The largest absolute Gasteiger partial charge is 0.347 e. The van der Waals surface area contributed by atoms with Crippen molar-refractivity contribution in [2.75, 3.05) is 26.0 Å². The van der Waals surface area contributed by atoms with Crippen LogP contribution in [0.5, 0.6) is 0 Å². The number of anilines is 1. The highest BCUT2D eigenvalue weighted by Gasteiger charge is 2.19. The van der Waals surface area contributed by atoms with Gasteiger partial charge in [0.2, 0.25) is 11.9 Å². The maximum Gasteiger partial charge on any atom is 0.241 e. The minimum Gasteiger partial charge on any atom is -0.347 e. The van der Waals surface area contributed by atoms with Gasteiger partial charge in [-0.2, -0.15) is 4.40 Å². The van der Waals surface area contributed by atoms with Crippen LogP contribution in [0.1, 0.15) is 0 Å². The van der Waals surface area contributed by atoms with Gasteiger partial charge in [0.05, 0.1) is 22.2 Å². The van der Waals surface area contributed by atoms with Crippen LogP contribution in [0.2, 0.25) is 5.02 Å². The summed E-state index contributed by atoms with van der Waals surface area (Å²) in [5, 5.41) is 6.21. The van der Waals surface area contributed by atoms with Crippen LogP contribution in [0.25, 0.3) is 11.1 Å². The SMILES string of the molecule is CN(C)C(=O)CNC1=NSc2cccc(-c3cccc(F)c3Cl)c2N1. The fourth-order valence-electron chi connectivity index (χ4n) is 2.30. The van der Waals surface area contributed by atoms with Gasteiger partial charge >= 0.3 is 0 Å². The summed E-state index contributed by atoms with van der Waals surface area (Å²) < 4.78 is 18.1. The number of hydrogen-bond donors (Lipinski definition) is 2. The van der Waals surface area contributed by atoms with Crippen molar-refractivity contribution in [3.8, 4) is 11.1 Å². The second kappa shape index (κ2) is 7.33. The number of nitrogens with one attached hydrogen (secondary N) is 2. The number of guanidine groups is 1. The monoisotopic (exact) mass is 378 g/mol. The van der Waals surface area contributed by atoms with Crippen LogP contribution in [0.4, 0.5) is 10.1 Å². The summed E-state index contributed by atoms with van der Waals surface area (Å²) in [6, 6.07) is 10.4. The summed E-state index contributed by atoms with van der Waals surface area (Å²) in [4.78, 5) is 14.1. The number of likely N-dealkylation sites (N-methyl/N-ethyl adjacent to an activating group) is 1. The van der Waals surface area contributed by atoms with Crippen LogP contribution in [-0.4, -0.2) is 37.4 Å². The van der Waals surface area contributed by atoms with Crippen molar-refractivity contribution in [3.63, 3.8) is 0 Å². The van der Waals surface area contributed by atoms with E-state index in [1.165, 1.54) is 22.9 Å². The van der Waals surface area contributed by atoms with E-state index in [0.717, 1.165) is 16.1 Å². The summed E-state index contributed by atoms with van der Waals surface area (Å²) in [7, 11) is 3.38. The zero-order valence-electron chi connectivity index (χ0n) is 13.6. The molecule has 0 saturated carbocycles. The van der Waals surface area contributed by atoms with Gasteiger partial charge < -0.3 is 15.5 Å². The highest BCUT2D eigenvalue weighted by Crippen LogP contribution is 2.41. The first-order valence-electron chi connectivity index (χ1n) is 7.51. The zero-order chi connectivity index (χ0) is 18.0. The molecule has 0 atom stereocenters. The molecule has 0 spiro atoms. The first-order chi connectivity index (χ1) is 12.0. The molecule has 0 radical (unpaired) electrons. The number of carbonyl (C=O) groups excluding carboxylic acids is 1. The van der Waals surface area contributed by atoms with Crippen LogP contribution >= 0.6 is 23.5 Å². The molecule has 0 saturated heterocycles. The minimum absolute atomic E-state index is 0.0678. The number of hydrogen-bond acceptors (Lipinski definition) is 5. The van der Waals surface area contributed by atoms with Crippen LogP contribution < -0.4 is 10.6 Å². The molecule has 2 N–H and O–H groups in total. The maximum absolute atomic E-state index is 13.8. The Morgan fingerprint density at radius 2 is 2.00 bits per heavy atom. The lowest BCUT2D eigenvalue weighted by atomic mass is 10.0. The van der Waals surface area contributed by atoms with Crippen molar-refractivity contribution >= 4 is 41.1 Å². The Labute approximate surface area is 154 Å². The summed E-state index contributed by atoms with van der Waals surface area (Å²) >= 11 is 7.42. The van der Waals surface area contributed by atoms with Gasteiger partial charge in [-0.15, -0.1) is 0 Å². The van der Waals surface area contributed by atoms with E-state index in [4.69, 9.17) is 11.6 Å². The number of nitrogens with zero attached hydrogens (tertiary/aromatic N) is 2. The Balaban J connectivity index is 1.88. The van der Waals surface area contributed by atoms with E-state index in [1.807, 2.05) is 18.2 Å². The first-order valence-corrected chi connectivity index (χ1v) is 8.66. The van der Waals surface area contributed by atoms with Crippen LogP contribution in [0.15, 0.2) is 45.7 Å². The highest BCUT2D eigenvalue weighted by atomic mass is 35.5. The van der Waals surface area contributed by atoms with Crippen molar-refractivity contribution in [2.45, 2.75) is 4.90 Å². The van der Waals surface area contributed by atoms with E-state index in [0.29, 0.717) is 11.5 Å². The summed E-state index contributed by atoms with van der Waals surface area (Å²) in [5.41, 5.74) is 2.13. The molecular formula is C17H16ClFN4OS. The maximum atomic E-state index is 13.8. The number of fused-ring (bicyclic) bond motifs is 1. The Morgan fingerprint density at radius 1 is 1.28 bits per heavy atom. The molecule has 1 amide bonds. The van der Waals surface area contributed by atoms with E-state index in [9.17, 15) is 9.18 Å². The summed E-state index contributed by atoms with van der Waals surface area (Å²) in [5.74, 6) is -0.0711. The Hall–Kier alpha value is -2.25. The lowest BCUT2D eigenvalue weighted by Crippen LogP contribution is -2.39. The first kappa shape index (κ1) is 17.6. The Bertz CT molecular complexity index is 857. The van der Waals surface area contributed by atoms with Gasteiger partial charge in [0.25, 0.3) is 0 Å². The van der Waals surface area contributed by atoms with Crippen LogP contribution in [-0.2, 0) is 4.79 Å². The van der Waals surface area contributed by atoms with Crippen molar-refractivity contribution in [1.29, 1.82) is 0 Å². The number of carbonyl (C=O) groups is 1. The molecule has 0 bridgehead atoms.